The number of hydrogen-bond donors (Lipinski definition) is 0. The molecule has 0 fully saturated rings. The highest BCUT2D eigenvalue weighted by Gasteiger charge is 2.18. The molecule has 0 N–H and O–H groups in total. The van der Waals surface area contributed by atoms with Gasteiger partial charge in [0.05, 0.1) is 16.8 Å². The van der Waals surface area contributed by atoms with E-state index in [2.05, 4.69) is 15.9 Å². The molecule has 0 spiro atoms. The van der Waals surface area contributed by atoms with Gasteiger partial charge in [0.2, 0.25) is 0 Å². The maximum atomic E-state index is 13.6. The summed E-state index contributed by atoms with van der Waals surface area (Å²) < 4.78 is 18.9. The highest BCUT2D eigenvalue weighted by Crippen LogP contribution is 2.40. The summed E-state index contributed by atoms with van der Waals surface area (Å²) in [5, 5.41) is 1.99. The molecule has 1 aromatic heterocycles. The second kappa shape index (κ2) is 5.41. The second-order valence-electron chi connectivity index (χ2n) is 4.18. The average molecular weight is 329 g/mol. The molecule has 2 rings (SSSR count). The topological polar surface area (TPSA) is 9.23 Å². The summed E-state index contributed by atoms with van der Waals surface area (Å²) in [4.78, 5) is 1.13. The summed E-state index contributed by atoms with van der Waals surface area (Å²) in [5.41, 5.74) is 2.39. The van der Waals surface area contributed by atoms with E-state index in [0.29, 0.717) is 11.1 Å². The van der Waals surface area contributed by atoms with Gasteiger partial charge in [-0.2, -0.15) is 0 Å². The van der Waals surface area contributed by atoms with E-state index in [1.807, 2.05) is 23.6 Å². The largest absolute Gasteiger partial charge is 0.496 e. The van der Waals surface area contributed by atoms with Crippen LogP contribution in [-0.4, -0.2) is 7.11 Å². The van der Waals surface area contributed by atoms with Crippen LogP contribution in [0.4, 0.5) is 4.39 Å². The van der Waals surface area contributed by atoms with E-state index in [-0.39, 0.29) is 10.6 Å². The van der Waals surface area contributed by atoms with Gasteiger partial charge in [0.1, 0.15) is 11.6 Å². The van der Waals surface area contributed by atoms with Gasteiger partial charge in [-0.3, -0.25) is 0 Å². The Hall–Kier alpha value is -0.870. The molecular formula is C14H14BrFOS. The van der Waals surface area contributed by atoms with Crippen LogP contribution in [0, 0.1) is 19.7 Å². The molecular weight excluding hydrogens is 315 g/mol. The van der Waals surface area contributed by atoms with Crippen molar-refractivity contribution in [3.63, 3.8) is 0 Å². The van der Waals surface area contributed by atoms with E-state index in [1.54, 1.807) is 32.3 Å². The first-order valence-corrected chi connectivity index (χ1v) is 7.36. The Kier molecular flexibility index (Phi) is 4.07. The normalized spacial score (nSPS) is 12.5. The third-order valence-corrected chi connectivity index (χ3v) is 5.11. The third-order valence-electron chi connectivity index (χ3n) is 2.86. The Morgan fingerprint density at radius 1 is 1.28 bits per heavy atom. The van der Waals surface area contributed by atoms with Crippen LogP contribution in [0.15, 0.2) is 23.6 Å². The lowest BCUT2D eigenvalue weighted by Crippen LogP contribution is -1.97. The molecule has 0 saturated carbocycles. The van der Waals surface area contributed by atoms with E-state index in [4.69, 9.17) is 4.74 Å². The van der Waals surface area contributed by atoms with Crippen molar-refractivity contribution in [2.75, 3.05) is 7.11 Å². The van der Waals surface area contributed by atoms with Crippen molar-refractivity contribution >= 4 is 27.3 Å². The fraction of sp³-hybridized carbons (Fsp3) is 0.286. The summed E-state index contributed by atoms with van der Waals surface area (Å²) >= 11 is 5.29. The molecule has 0 aliphatic rings. The van der Waals surface area contributed by atoms with Gasteiger partial charge in [-0.25, -0.2) is 4.39 Å². The minimum absolute atomic E-state index is 0.0328. The van der Waals surface area contributed by atoms with Crippen molar-refractivity contribution in [2.24, 2.45) is 0 Å². The van der Waals surface area contributed by atoms with Crippen LogP contribution in [0.5, 0.6) is 5.75 Å². The van der Waals surface area contributed by atoms with Gasteiger partial charge in [-0.1, -0.05) is 28.1 Å². The molecule has 0 amide bonds. The minimum atomic E-state index is -0.128. The predicted molar refractivity (Wildman–Crippen MR) is 77.5 cm³/mol. The van der Waals surface area contributed by atoms with Crippen LogP contribution in [-0.2, 0) is 0 Å². The Morgan fingerprint density at radius 3 is 2.44 bits per heavy atom. The molecule has 0 radical (unpaired) electrons. The predicted octanol–water partition coefficient (Wildman–Crippen LogP) is 5.00. The standard InChI is InChI=1S/C14H14BrFOS/c1-8-6-10(7-9(2)13(8)16)12(15)14-11(17-3)4-5-18-14/h4-7,12H,1-3H3. The van der Waals surface area contributed by atoms with Crippen molar-refractivity contribution in [3.8, 4) is 5.75 Å². The molecule has 0 aliphatic heterocycles. The number of halogens is 2. The fourth-order valence-corrected chi connectivity index (χ4v) is 3.61. The lowest BCUT2D eigenvalue weighted by atomic mass is 10.0. The van der Waals surface area contributed by atoms with Gasteiger partial charge in [-0.15, -0.1) is 11.3 Å². The van der Waals surface area contributed by atoms with Crippen LogP contribution in [0.1, 0.15) is 26.4 Å². The van der Waals surface area contributed by atoms with Crippen molar-refractivity contribution in [3.05, 3.63) is 51.0 Å². The zero-order valence-electron chi connectivity index (χ0n) is 10.5. The Morgan fingerprint density at radius 2 is 1.89 bits per heavy atom. The molecule has 2 aromatic rings. The number of hydrogen-bond acceptors (Lipinski definition) is 2. The van der Waals surface area contributed by atoms with Crippen LogP contribution < -0.4 is 4.74 Å². The summed E-state index contributed by atoms with van der Waals surface area (Å²) in [6.07, 6.45) is 0. The fourth-order valence-electron chi connectivity index (χ4n) is 1.94. The number of aryl methyl sites for hydroxylation is 2. The summed E-state index contributed by atoms with van der Waals surface area (Å²) in [6.45, 7) is 3.58. The van der Waals surface area contributed by atoms with Crippen LogP contribution in [0.3, 0.4) is 0 Å². The van der Waals surface area contributed by atoms with Gasteiger partial charge in [-0.05, 0) is 42.0 Å². The monoisotopic (exact) mass is 328 g/mol. The van der Waals surface area contributed by atoms with E-state index >= 15 is 0 Å². The van der Waals surface area contributed by atoms with Gasteiger partial charge in [0.25, 0.3) is 0 Å². The van der Waals surface area contributed by atoms with Crippen LogP contribution >= 0.6 is 27.3 Å². The zero-order valence-corrected chi connectivity index (χ0v) is 12.9. The smallest absolute Gasteiger partial charge is 0.134 e. The first-order chi connectivity index (χ1) is 8.54. The molecule has 0 saturated heterocycles. The number of alkyl halides is 1. The molecule has 96 valence electrons. The molecule has 1 atom stereocenters. The Bertz CT molecular complexity index is 542. The Balaban J connectivity index is 2.43. The summed E-state index contributed by atoms with van der Waals surface area (Å²) in [5.74, 6) is 0.734. The molecule has 0 bridgehead atoms. The van der Waals surface area contributed by atoms with Crippen molar-refractivity contribution in [1.29, 1.82) is 0 Å². The molecule has 0 aliphatic carbocycles. The van der Waals surface area contributed by atoms with Crippen LogP contribution in [0.2, 0.25) is 0 Å². The molecule has 1 nitrogen and oxygen atoms in total. The number of benzene rings is 1. The maximum absolute atomic E-state index is 13.6. The summed E-state index contributed by atoms with van der Waals surface area (Å²) in [6, 6.07) is 5.69. The molecule has 1 heterocycles. The van der Waals surface area contributed by atoms with E-state index in [0.717, 1.165) is 16.2 Å². The summed E-state index contributed by atoms with van der Waals surface area (Å²) in [7, 11) is 1.66. The van der Waals surface area contributed by atoms with E-state index in [9.17, 15) is 4.39 Å². The van der Waals surface area contributed by atoms with E-state index in [1.165, 1.54) is 0 Å². The van der Waals surface area contributed by atoms with Gasteiger partial charge >= 0.3 is 0 Å². The van der Waals surface area contributed by atoms with E-state index < -0.39 is 0 Å². The highest BCUT2D eigenvalue weighted by molar-refractivity contribution is 9.09. The van der Waals surface area contributed by atoms with Crippen LogP contribution in [0.25, 0.3) is 0 Å². The maximum Gasteiger partial charge on any atom is 0.134 e. The number of ether oxygens (including phenoxy) is 1. The number of rotatable bonds is 3. The van der Waals surface area contributed by atoms with Gasteiger partial charge in [0.15, 0.2) is 0 Å². The lowest BCUT2D eigenvalue weighted by Gasteiger charge is -2.13. The number of methoxy groups -OCH3 is 1. The first-order valence-electron chi connectivity index (χ1n) is 5.56. The van der Waals surface area contributed by atoms with Gasteiger partial charge < -0.3 is 4.74 Å². The van der Waals surface area contributed by atoms with Crippen molar-refractivity contribution in [2.45, 2.75) is 18.7 Å². The zero-order chi connectivity index (χ0) is 13.3. The quantitative estimate of drug-likeness (QED) is 0.720. The SMILES string of the molecule is COc1ccsc1C(Br)c1cc(C)c(F)c(C)c1. The molecule has 1 unspecified atom stereocenters. The molecule has 18 heavy (non-hydrogen) atoms. The van der Waals surface area contributed by atoms with Crippen molar-refractivity contribution in [1.82, 2.24) is 0 Å². The molecule has 1 aromatic carbocycles. The number of thiophene rings is 1. The first kappa shape index (κ1) is 13.6. The lowest BCUT2D eigenvalue weighted by molar-refractivity contribution is 0.413. The Labute approximate surface area is 119 Å². The average Bonchev–Trinajstić information content (AvgIpc) is 2.82. The highest BCUT2D eigenvalue weighted by atomic mass is 79.9. The van der Waals surface area contributed by atoms with Crippen molar-refractivity contribution < 1.29 is 9.13 Å². The third kappa shape index (κ3) is 2.45. The second-order valence-corrected chi connectivity index (χ2v) is 6.05. The van der Waals surface area contributed by atoms with Gasteiger partial charge in [0, 0.05) is 0 Å². The minimum Gasteiger partial charge on any atom is -0.496 e. The molecule has 4 heteroatoms.